The number of nitrogens with one attached hydrogen (secondary N) is 1. The molecule has 1 amide bonds. The molecule has 2 aromatic rings. The quantitative estimate of drug-likeness (QED) is 0.826. The van der Waals surface area contributed by atoms with Crippen LogP contribution in [0.4, 0.5) is 0 Å². The van der Waals surface area contributed by atoms with Crippen molar-refractivity contribution in [3.63, 3.8) is 0 Å². The van der Waals surface area contributed by atoms with Crippen LogP contribution in [0, 0.1) is 0 Å². The number of hydrogen-bond donors (Lipinski definition) is 1. The molecule has 23 heavy (non-hydrogen) atoms. The van der Waals surface area contributed by atoms with Crippen LogP contribution in [-0.4, -0.2) is 45.9 Å². The summed E-state index contributed by atoms with van der Waals surface area (Å²) in [7, 11) is 1.79. The van der Waals surface area contributed by atoms with Crippen molar-refractivity contribution in [1.29, 1.82) is 0 Å². The smallest absolute Gasteiger partial charge is 0.276 e. The van der Waals surface area contributed by atoms with E-state index in [0.717, 1.165) is 34.6 Å². The van der Waals surface area contributed by atoms with Crippen LogP contribution >= 0.6 is 39.7 Å². The molecule has 1 aliphatic rings. The van der Waals surface area contributed by atoms with Gasteiger partial charge in [-0.25, -0.2) is 4.68 Å². The van der Waals surface area contributed by atoms with Crippen LogP contribution in [0.5, 0.6) is 0 Å². The summed E-state index contributed by atoms with van der Waals surface area (Å²) in [5.74, 6) is -0.0929. The highest BCUT2D eigenvalue weighted by molar-refractivity contribution is 9.11. The Balaban J connectivity index is 0.00000192. The third kappa shape index (κ3) is 4.53. The Hall–Kier alpha value is -0.960. The highest BCUT2D eigenvalue weighted by Gasteiger charge is 2.20. The standard InChI is InChI=1S/C14H18BrN5OS.ClH/c1-19(8-11-2-3-13(15)22-11)14(21)12-9-20(18-17-12)10-4-6-16-7-5-10;/h2-3,9-10,16H,4-8H2,1H3;1H. The lowest BCUT2D eigenvalue weighted by molar-refractivity contribution is 0.0780. The number of piperidine rings is 1. The third-order valence-electron chi connectivity index (χ3n) is 3.78. The van der Waals surface area contributed by atoms with Crippen molar-refractivity contribution in [2.75, 3.05) is 20.1 Å². The lowest BCUT2D eigenvalue weighted by atomic mass is 10.1. The molecular weight excluding hydrogens is 402 g/mol. The van der Waals surface area contributed by atoms with E-state index in [9.17, 15) is 4.79 Å². The van der Waals surface area contributed by atoms with Crippen LogP contribution in [0.25, 0.3) is 0 Å². The van der Waals surface area contributed by atoms with Gasteiger partial charge in [0.2, 0.25) is 0 Å². The molecule has 0 saturated carbocycles. The number of thiophene rings is 1. The van der Waals surface area contributed by atoms with Crippen molar-refractivity contribution in [2.24, 2.45) is 0 Å². The second-order valence-corrected chi connectivity index (χ2v) is 7.98. The molecule has 1 aliphatic heterocycles. The van der Waals surface area contributed by atoms with E-state index in [2.05, 4.69) is 31.6 Å². The molecular formula is C14H19BrClN5OS. The topological polar surface area (TPSA) is 63.1 Å². The first-order valence-corrected chi connectivity index (χ1v) is 8.86. The van der Waals surface area contributed by atoms with Crippen molar-refractivity contribution in [3.8, 4) is 0 Å². The molecule has 0 bridgehead atoms. The van der Waals surface area contributed by atoms with Gasteiger partial charge in [0.1, 0.15) is 0 Å². The van der Waals surface area contributed by atoms with Crippen molar-refractivity contribution in [3.05, 3.63) is 32.7 Å². The lowest BCUT2D eigenvalue weighted by Gasteiger charge is -2.22. The van der Waals surface area contributed by atoms with E-state index >= 15 is 0 Å². The number of amides is 1. The number of rotatable bonds is 4. The molecule has 1 N–H and O–H groups in total. The normalized spacial score (nSPS) is 15.2. The molecule has 126 valence electrons. The van der Waals surface area contributed by atoms with Gasteiger partial charge >= 0.3 is 0 Å². The fourth-order valence-corrected chi connectivity index (χ4v) is 4.10. The molecule has 1 saturated heterocycles. The predicted octanol–water partition coefficient (Wildman–Crippen LogP) is 2.72. The molecule has 0 unspecified atom stereocenters. The molecule has 6 nitrogen and oxygen atoms in total. The second-order valence-electron chi connectivity index (χ2n) is 5.43. The van der Waals surface area contributed by atoms with E-state index in [1.807, 2.05) is 16.8 Å². The van der Waals surface area contributed by atoms with Gasteiger partial charge in [0, 0.05) is 11.9 Å². The Kier molecular flexibility index (Phi) is 6.58. The molecule has 0 aromatic carbocycles. The fourth-order valence-electron chi connectivity index (χ4n) is 2.56. The number of hydrogen-bond acceptors (Lipinski definition) is 5. The van der Waals surface area contributed by atoms with Crippen LogP contribution in [0.15, 0.2) is 22.1 Å². The van der Waals surface area contributed by atoms with Gasteiger partial charge in [-0.3, -0.25) is 4.79 Å². The van der Waals surface area contributed by atoms with E-state index in [0.29, 0.717) is 18.3 Å². The summed E-state index contributed by atoms with van der Waals surface area (Å²) in [5.41, 5.74) is 0.414. The first kappa shape index (κ1) is 18.4. The molecule has 0 aliphatic carbocycles. The van der Waals surface area contributed by atoms with E-state index in [4.69, 9.17) is 0 Å². The van der Waals surface area contributed by atoms with Crippen LogP contribution < -0.4 is 5.32 Å². The summed E-state index contributed by atoms with van der Waals surface area (Å²) in [5, 5.41) is 11.5. The number of carbonyl (C=O) groups excluding carboxylic acids is 1. The summed E-state index contributed by atoms with van der Waals surface area (Å²) >= 11 is 5.07. The highest BCUT2D eigenvalue weighted by Crippen LogP contribution is 2.23. The lowest BCUT2D eigenvalue weighted by Crippen LogP contribution is -2.29. The summed E-state index contributed by atoms with van der Waals surface area (Å²) in [6, 6.07) is 4.35. The maximum atomic E-state index is 12.4. The molecule has 0 radical (unpaired) electrons. The average Bonchev–Trinajstić information content (AvgIpc) is 3.17. The molecule has 0 atom stereocenters. The fraction of sp³-hybridized carbons (Fsp3) is 0.500. The first-order chi connectivity index (χ1) is 10.6. The van der Waals surface area contributed by atoms with Gasteiger partial charge in [-0.15, -0.1) is 28.8 Å². The van der Waals surface area contributed by atoms with E-state index in [-0.39, 0.29) is 18.3 Å². The van der Waals surface area contributed by atoms with E-state index < -0.39 is 0 Å². The summed E-state index contributed by atoms with van der Waals surface area (Å²) in [6.07, 6.45) is 3.82. The zero-order valence-electron chi connectivity index (χ0n) is 12.7. The van der Waals surface area contributed by atoms with Gasteiger partial charge in [-0.2, -0.15) is 0 Å². The first-order valence-electron chi connectivity index (χ1n) is 7.25. The van der Waals surface area contributed by atoms with Gasteiger partial charge in [-0.05, 0) is 54.0 Å². The number of aromatic nitrogens is 3. The molecule has 2 aromatic heterocycles. The molecule has 3 heterocycles. The summed E-state index contributed by atoms with van der Waals surface area (Å²) < 4.78 is 2.91. The molecule has 3 rings (SSSR count). The second kappa shape index (κ2) is 8.23. The third-order valence-corrected chi connectivity index (χ3v) is 5.39. The van der Waals surface area contributed by atoms with Crippen molar-refractivity contribution in [2.45, 2.75) is 25.4 Å². The molecule has 9 heteroatoms. The maximum Gasteiger partial charge on any atom is 0.276 e. The Morgan fingerprint density at radius 3 is 2.87 bits per heavy atom. The van der Waals surface area contributed by atoms with Crippen molar-refractivity contribution in [1.82, 2.24) is 25.2 Å². The van der Waals surface area contributed by atoms with Crippen LogP contribution in [-0.2, 0) is 6.54 Å². The SMILES string of the molecule is CN(Cc1ccc(Br)s1)C(=O)c1cn(C2CCNCC2)nn1.Cl. The van der Waals surface area contributed by atoms with E-state index in [1.54, 1.807) is 29.5 Å². The van der Waals surface area contributed by atoms with Gasteiger partial charge in [0.15, 0.2) is 5.69 Å². The molecule has 0 spiro atoms. The van der Waals surface area contributed by atoms with Crippen LogP contribution in [0.2, 0.25) is 0 Å². The Morgan fingerprint density at radius 2 is 2.22 bits per heavy atom. The monoisotopic (exact) mass is 419 g/mol. The summed E-state index contributed by atoms with van der Waals surface area (Å²) in [6.45, 7) is 2.55. The minimum absolute atomic E-state index is 0. The predicted molar refractivity (Wildman–Crippen MR) is 96.2 cm³/mol. The average molecular weight is 421 g/mol. The minimum atomic E-state index is -0.0929. The van der Waals surface area contributed by atoms with E-state index in [1.165, 1.54) is 0 Å². The number of nitrogens with zero attached hydrogens (tertiary/aromatic N) is 4. The Morgan fingerprint density at radius 1 is 1.48 bits per heavy atom. The Labute approximate surface area is 153 Å². The summed E-state index contributed by atoms with van der Waals surface area (Å²) in [4.78, 5) is 15.3. The van der Waals surface area contributed by atoms with Gasteiger partial charge in [0.05, 0.1) is 22.6 Å². The highest BCUT2D eigenvalue weighted by atomic mass is 79.9. The zero-order valence-corrected chi connectivity index (χ0v) is 16.0. The van der Waals surface area contributed by atoms with Gasteiger partial charge < -0.3 is 10.2 Å². The minimum Gasteiger partial charge on any atom is -0.335 e. The van der Waals surface area contributed by atoms with Crippen LogP contribution in [0.3, 0.4) is 0 Å². The zero-order chi connectivity index (χ0) is 15.5. The number of halogens is 2. The van der Waals surface area contributed by atoms with Crippen molar-refractivity contribution >= 4 is 45.6 Å². The van der Waals surface area contributed by atoms with Crippen LogP contribution in [0.1, 0.15) is 34.2 Å². The van der Waals surface area contributed by atoms with Crippen molar-refractivity contribution < 1.29 is 4.79 Å². The Bertz CT molecular complexity index is 655. The van der Waals surface area contributed by atoms with Gasteiger partial charge in [-0.1, -0.05) is 5.21 Å². The maximum absolute atomic E-state index is 12.4. The van der Waals surface area contributed by atoms with Gasteiger partial charge in [0.25, 0.3) is 5.91 Å². The largest absolute Gasteiger partial charge is 0.335 e. The molecule has 1 fully saturated rings. The number of carbonyl (C=O) groups is 1.